The van der Waals surface area contributed by atoms with Gasteiger partial charge in [0, 0.05) is 10.6 Å². The van der Waals surface area contributed by atoms with Crippen molar-refractivity contribution in [1.82, 2.24) is 4.98 Å². The fourth-order valence-electron chi connectivity index (χ4n) is 4.50. The Morgan fingerprint density at radius 2 is 1.83 bits per heavy atom. The summed E-state index contributed by atoms with van der Waals surface area (Å²) in [7, 11) is 0. The van der Waals surface area contributed by atoms with Crippen molar-refractivity contribution in [3.63, 3.8) is 0 Å². The first-order valence-electron chi connectivity index (χ1n) is 12.9. The van der Waals surface area contributed by atoms with Crippen LogP contribution >= 0.6 is 22.9 Å². The Balaban J connectivity index is 1.60. The van der Waals surface area contributed by atoms with Gasteiger partial charge in [-0.25, -0.2) is 9.78 Å². The van der Waals surface area contributed by atoms with Gasteiger partial charge in [0.25, 0.3) is 5.78 Å². The number of carbonyl (C=O) groups is 3. The number of aryl methyl sites for hydroxylation is 1. The first kappa shape index (κ1) is 28.8. The lowest BCUT2D eigenvalue weighted by molar-refractivity contribution is -0.132. The van der Waals surface area contributed by atoms with E-state index in [-0.39, 0.29) is 27.9 Å². The summed E-state index contributed by atoms with van der Waals surface area (Å²) in [6.45, 7) is 5.47. The van der Waals surface area contributed by atoms with Crippen molar-refractivity contribution in [2.75, 3.05) is 11.5 Å². The summed E-state index contributed by atoms with van der Waals surface area (Å²) in [5.74, 6) is -2.29. The maximum atomic E-state index is 13.6. The van der Waals surface area contributed by atoms with Crippen LogP contribution in [0.2, 0.25) is 5.02 Å². The van der Waals surface area contributed by atoms with Crippen LogP contribution in [0.4, 0.5) is 5.13 Å². The van der Waals surface area contributed by atoms with Gasteiger partial charge in [0.15, 0.2) is 5.13 Å². The Bertz CT molecular complexity index is 1700. The average Bonchev–Trinajstić information content (AvgIpc) is 3.51. The second-order valence-electron chi connectivity index (χ2n) is 9.32. The maximum absolute atomic E-state index is 13.6. The van der Waals surface area contributed by atoms with E-state index in [0.717, 1.165) is 16.9 Å². The Morgan fingerprint density at radius 3 is 2.55 bits per heavy atom. The van der Waals surface area contributed by atoms with Gasteiger partial charge in [0.2, 0.25) is 0 Å². The molecule has 1 aromatic heterocycles. The van der Waals surface area contributed by atoms with E-state index < -0.39 is 23.7 Å². The van der Waals surface area contributed by atoms with E-state index in [1.54, 1.807) is 55.5 Å². The summed E-state index contributed by atoms with van der Waals surface area (Å²) in [5, 5.41) is 11.9. The molecular formula is C32H25ClN2O6S. The van der Waals surface area contributed by atoms with E-state index in [0.29, 0.717) is 34.2 Å². The molecule has 0 saturated carbocycles. The van der Waals surface area contributed by atoms with Crippen LogP contribution < -0.4 is 9.64 Å². The highest BCUT2D eigenvalue weighted by molar-refractivity contribution is 7.17. The number of anilines is 1. The summed E-state index contributed by atoms with van der Waals surface area (Å²) < 4.78 is 11.2. The zero-order valence-electron chi connectivity index (χ0n) is 22.5. The topological polar surface area (TPSA) is 106 Å². The second kappa shape index (κ2) is 12.4. The lowest BCUT2D eigenvalue weighted by Crippen LogP contribution is -2.29. The predicted molar refractivity (Wildman–Crippen MR) is 161 cm³/mol. The van der Waals surface area contributed by atoms with Crippen LogP contribution in [0.5, 0.6) is 5.75 Å². The highest BCUT2D eigenvalue weighted by atomic mass is 35.5. The molecular weight excluding hydrogens is 576 g/mol. The number of Topliss-reactive ketones (excluding diaryl/α,β-unsaturated/α-hetero) is 1. The van der Waals surface area contributed by atoms with Crippen LogP contribution in [-0.4, -0.2) is 34.4 Å². The summed E-state index contributed by atoms with van der Waals surface area (Å²) in [5.41, 5.74) is 1.97. The summed E-state index contributed by atoms with van der Waals surface area (Å²) in [4.78, 5) is 45.5. The number of aliphatic hydroxyl groups excluding tert-OH is 1. The molecule has 212 valence electrons. The van der Waals surface area contributed by atoms with Crippen molar-refractivity contribution in [1.29, 1.82) is 0 Å². The molecule has 0 spiro atoms. The molecule has 5 rings (SSSR count). The highest BCUT2D eigenvalue weighted by Gasteiger charge is 2.48. The van der Waals surface area contributed by atoms with E-state index in [9.17, 15) is 19.5 Å². The van der Waals surface area contributed by atoms with Crippen molar-refractivity contribution in [3.05, 3.63) is 129 Å². The molecule has 2 heterocycles. The van der Waals surface area contributed by atoms with Crippen LogP contribution in [0, 0.1) is 6.92 Å². The number of hydrogen-bond acceptors (Lipinski definition) is 8. The predicted octanol–water partition coefficient (Wildman–Crippen LogP) is 6.65. The zero-order chi connectivity index (χ0) is 29.8. The van der Waals surface area contributed by atoms with Crippen molar-refractivity contribution in [2.24, 2.45) is 0 Å². The van der Waals surface area contributed by atoms with Crippen molar-refractivity contribution in [2.45, 2.75) is 19.6 Å². The number of nitrogens with zero attached hydrogens (tertiary/aromatic N) is 2. The first-order chi connectivity index (χ1) is 20.3. The van der Waals surface area contributed by atoms with Gasteiger partial charge in [-0.3, -0.25) is 14.5 Å². The molecule has 3 aromatic carbocycles. The molecule has 1 N–H and O–H groups in total. The largest absolute Gasteiger partial charge is 0.507 e. The van der Waals surface area contributed by atoms with Gasteiger partial charge in [-0.05, 0) is 54.4 Å². The van der Waals surface area contributed by atoms with E-state index in [2.05, 4.69) is 11.6 Å². The van der Waals surface area contributed by atoms with Gasteiger partial charge in [0.05, 0.1) is 17.3 Å². The molecule has 1 fully saturated rings. The number of rotatable bonds is 9. The molecule has 0 bridgehead atoms. The fourth-order valence-corrected chi connectivity index (χ4v) is 5.61. The minimum absolute atomic E-state index is 0.00683. The van der Waals surface area contributed by atoms with Crippen molar-refractivity contribution >= 4 is 51.5 Å². The molecule has 1 aliphatic rings. The molecule has 0 radical (unpaired) electrons. The third-order valence-electron chi connectivity index (χ3n) is 6.49. The zero-order valence-corrected chi connectivity index (χ0v) is 24.0. The molecule has 0 aliphatic carbocycles. The smallest absolute Gasteiger partial charge is 0.350 e. The lowest BCUT2D eigenvalue weighted by atomic mass is 9.95. The van der Waals surface area contributed by atoms with Crippen molar-refractivity contribution < 1.29 is 29.0 Å². The third-order valence-corrected chi connectivity index (χ3v) is 7.88. The van der Waals surface area contributed by atoms with Gasteiger partial charge in [-0.1, -0.05) is 78.1 Å². The standard InChI is InChI=1S/C32H25ClN2O6S/c1-3-16-40-31(39)29-19(2)34-32(42-29)35-26(22-10-7-11-24(17-22)41-18-20-8-5-4-6-9-20)25(28(37)30(35)38)27(36)21-12-14-23(33)15-13-21/h3-15,17,26,36H,1,16,18H2,2H3. The lowest BCUT2D eigenvalue weighted by Gasteiger charge is -2.23. The molecule has 1 unspecified atom stereocenters. The van der Waals surface area contributed by atoms with Gasteiger partial charge in [-0.2, -0.15) is 0 Å². The number of aliphatic hydroxyl groups is 1. The quantitative estimate of drug-likeness (QED) is 0.0753. The molecule has 1 saturated heterocycles. The number of benzene rings is 3. The van der Waals surface area contributed by atoms with E-state index in [4.69, 9.17) is 21.1 Å². The number of carbonyl (C=O) groups excluding carboxylic acids is 3. The van der Waals surface area contributed by atoms with Gasteiger partial charge < -0.3 is 14.6 Å². The molecule has 8 nitrogen and oxygen atoms in total. The number of ketones is 1. The van der Waals surface area contributed by atoms with E-state index in [1.165, 1.54) is 11.0 Å². The Labute approximate surface area is 251 Å². The summed E-state index contributed by atoms with van der Waals surface area (Å²) in [6, 6.07) is 21.8. The Hall–Kier alpha value is -4.73. The van der Waals surface area contributed by atoms with Crippen LogP contribution in [0.1, 0.15) is 38.1 Å². The number of amides is 1. The summed E-state index contributed by atoms with van der Waals surface area (Å²) in [6.07, 6.45) is 1.44. The molecule has 1 aliphatic heterocycles. The fraction of sp³-hybridized carbons (Fsp3) is 0.125. The van der Waals surface area contributed by atoms with Gasteiger partial charge in [0.1, 0.15) is 29.6 Å². The van der Waals surface area contributed by atoms with Crippen LogP contribution in [0.3, 0.4) is 0 Å². The second-order valence-corrected chi connectivity index (χ2v) is 10.7. The number of esters is 1. The average molecular weight is 601 g/mol. The van der Waals surface area contributed by atoms with Crippen LogP contribution in [-0.2, 0) is 20.9 Å². The third kappa shape index (κ3) is 5.83. The SMILES string of the molecule is C=CCOC(=O)c1sc(N2C(=O)C(=O)C(=C(O)c3ccc(Cl)cc3)C2c2cccc(OCc3ccccc3)c2)nc1C. The number of thiazole rings is 1. The highest BCUT2D eigenvalue weighted by Crippen LogP contribution is 2.44. The normalized spacial score (nSPS) is 16.0. The van der Waals surface area contributed by atoms with E-state index in [1.807, 2.05) is 30.3 Å². The number of aromatic nitrogens is 1. The Kier molecular flexibility index (Phi) is 8.51. The molecule has 1 atom stereocenters. The number of hydrogen-bond donors (Lipinski definition) is 1. The first-order valence-corrected chi connectivity index (χ1v) is 14.1. The van der Waals surface area contributed by atoms with Crippen LogP contribution in [0.25, 0.3) is 5.76 Å². The van der Waals surface area contributed by atoms with Gasteiger partial charge >= 0.3 is 11.9 Å². The van der Waals surface area contributed by atoms with Crippen LogP contribution in [0.15, 0.2) is 97.1 Å². The van der Waals surface area contributed by atoms with Crippen molar-refractivity contribution in [3.8, 4) is 5.75 Å². The minimum atomic E-state index is -1.07. The van der Waals surface area contributed by atoms with Gasteiger partial charge in [-0.15, -0.1) is 0 Å². The molecule has 42 heavy (non-hydrogen) atoms. The minimum Gasteiger partial charge on any atom is -0.507 e. The molecule has 1 amide bonds. The number of ether oxygens (including phenoxy) is 2. The monoisotopic (exact) mass is 600 g/mol. The molecule has 4 aromatic rings. The maximum Gasteiger partial charge on any atom is 0.350 e. The Morgan fingerprint density at radius 1 is 1.10 bits per heavy atom. The summed E-state index contributed by atoms with van der Waals surface area (Å²) >= 11 is 6.95. The number of halogens is 1. The molecule has 10 heteroatoms. The van der Waals surface area contributed by atoms with E-state index >= 15 is 0 Å².